The Morgan fingerprint density at radius 1 is 0.303 bits per heavy atom. The van der Waals surface area contributed by atoms with E-state index in [4.69, 9.17) is 0 Å². The Hall–Kier alpha value is 1.16. The monoisotopic (exact) mass is 596 g/mol. The van der Waals surface area contributed by atoms with E-state index in [1.165, 1.54) is 148 Å². The van der Waals surface area contributed by atoms with Gasteiger partial charge in [0.25, 0.3) is 0 Å². The maximum absolute atomic E-state index is 3.16. The fourth-order valence-corrected chi connectivity index (χ4v) is 15.1. The first-order valence-electron chi connectivity index (χ1n) is 15.8. The van der Waals surface area contributed by atoms with Crippen molar-refractivity contribution in [3.8, 4) is 0 Å². The van der Waals surface area contributed by atoms with Gasteiger partial charge in [-0.05, 0) is 0 Å². The average Bonchev–Trinajstić information content (AvgIpc) is 2.80. The molecule has 0 unspecified atom stereocenters. The molecular formula is C31H66IP. The molecule has 0 aliphatic rings. The molecule has 202 valence electrons. The van der Waals surface area contributed by atoms with Gasteiger partial charge < -0.3 is 0 Å². The number of rotatable bonds is 27. The van der Waals surface area contributed by atoms with Gasteiger partial charge in [0.1, 0.15) is 0 Å². The van der Waals surface area contributed by atoms with Crippen LogP contribution in [0, 0.1) is 0 Å². The van der Waals surface area contributed by atoms with Crippen LogP contribution in [0.5, 0.6) is 0 Å². The summed E-state index contributed by atoms with van der Waals surface area (Å²) in [6.07, 6.45) is 40.2. The molecule has 0 aromatic heterocycles. The summed E-state index contributed by atoms with van der Waals surface area (Å²) < 4.78 is -1.53. The first-order chi connectivity index (χ1) is 16.0. The predicted molar refractivity (Wildman–Crippen MR) is 169 cm³/mol. The molecule has 0 bridgehead atoms. The molecule has 0 aromatic carbocycles. The Bertz CT molecular complexity index is 365. The van der Waals surface area contributed by atoms with Gasteiger partial charge >= 0.3 is 200 Å². The molecule has 0 nitrogen and oxygen atoms in total. The van der Waals surface area contributed by atoms with Crippen molar-refractivity contribution < 1.29 is 0 Å². The average molecular weight is 597 g/mol. The molecule has 0 atom stereocenters. The van der Waals surface area contributed by atoms with Crippen LogP contribution in [0.15, 0.2) is 0 Å². The normalized spacial score (nSPS) is 13.3. The Kier molecular flexibility index (Phi) is 24.4. The zero-order chi connectivity index (χ0) is 24.5. The van der Waals surface area contributed by atoms with Crippen LogP contribution in [0.1, 0.15) is 175 Å². The van der Waals surface area contributed by atoms with Gasteiger partial charge in [0.2, 0.25) is 0 Å². The third-order valence-corrected chi connectivity index (χ3v) is 19.6. The second-order valence-corrected chi connectivity index (χ2v) is 25.0. The Balaban J connectivity index is 4.23. The van der Waals surface area contributed by atoms with Crippen molar-refractivity contribution in [2.75, 3.05) is 24.6 Å². The fraction of sp³-hybridized carbons (Fsp3) is 1.00. The van der Waals surface area contributed by atoms with Crippen LogP contribution >= 0.6 is 26.3 Å². The van der Waals surface area contributed by atoms with E-state index in [2.05, 4.69) is 49.7 Å². The van der Waals surface area contributed by atoms with Gasteiger partial charge in [-0.1, -0.05) is 26.2 Å². The molecular weight excluding hydrogens is 530 g/mol. The van der Waals surface area contributed by atoms with Gasteiger partial charge in [0, 0.05) is 0 Å². The number of unbranched alkanes of at least 4 members (excludes halogenated alkanes) is 19. The van der Waals surface area contributed by atoms with E-state index in [0.717, 1.165) is 0 Å². The van der Waals surface area contributed by atoms with Crippen LogP contribution in [0.4, 0.5) is 0 Å². The maximum atomic E-state index is 3.16. The summed E-state index contributed by atoms with van der Waals surface area (Å²) in [5.41, 5.74) is 0. The van der Waals surface area contributed by atoms with Gasteiger partial charge in [-0.2, -0.15) is 0 Å². The van der Waals surface area contributed by atoms with Crippen molar-refractivity contribution in [2.45, 2.75) is 175 Å². The van der Waals surface area contributed by atoms with E-state index in [9.17, 15) is 0 Å². The van der Waals surface area contributed by atoms with Crippen LogP contribution in [0.2, 0.25) is 0 Å². The minimum absolute atomic E-state index is 1.37. The molecule has 0 aliphatic heterocycles. The summed E-state index contributed by atoms with van der Waals surface area (Å²) in [7, 11) is 0. The topological polar surface area (TPSA) is 0 Å². The van der Waals surface area contributed by atoms with Crippen LogP contribution in [0.25, 0.3) is 0 Å². The molecule has 0 spiro atoms. The van der Waals surface area contributed by atoms with Crippen LogP contribution < -0.4 is 0 Å². The molecule has 0 saturated carbocycles. The zero-order valence-electron chi connectivity index (χ0n) is 23.9. The van der Waals surface area contributed by atoms with E-state index in [0.29, 0.717) is 0 Å². The Labute approximate surface area is 225 Å². The van der Waals surface area contributed by atoms with Crippen molar-refractivity contribution in [2.24, 2.45) is 0 Å². The number of hydrogen-bond acceptors (Lipinski definition) is 0. The fourth-order valence-electron chi connectivity index (χ4n) is 5.64. The van der Waals surface area contributed by atoms with Crippen molar-refractivity contribution in [1.82, 2.24) is 0 Å². The summed E-state index contributed by atoms with van der Waals surface area (Å²) in [5.74, 6) is 0. The minimum atomic E-state index is -1.53. The van der Waals surface area contributed by atoms with Crippen molar-refractivity contribution in [3.05, 3.63) is 0 Å². The van der Waals surface area contributed by atoms with E-state index in [-0.39, 0.29) is 0 Å². The Morgan fingerprint density at radius 3 is 0.758 bits per heavy atom. The number of hydrogen-bond donors (Lipinski definition) is 0. The van der Waals surface area contributed by atoms with Gasteiger partial charge in [-0.15, -0.1) is 0 Å². The zero-order valence-corrected chi connectivity index (χ0v) is 27.0. The summed E-state index contributed by atoms with van der Waals surface area (Å²) in [5, 5.41) is 0. The molecule has 0 heterocycles. The van der Waals surface area contributed by atoms with E-state index < -0.39 is 4.25 Å². The molecule has 0 aliphatic carbocycles. The summed E-state index contributed by atoms with van der Waals surface area (Å²) in [4.78, 5) is 0. The third kappa shape index (κ3) is 20.0. The van der Waals surface area contributed by atoms with Crippen molar-refractivity contribution in [1.29, 1.82) is 0 Å². The van der Waals surface area contributed by atoms with Gasteiger partial charge in [0.15, 0.2) is 0 Å². The molecule has 0 rings (SSSR count). The third-order valence-electron chi connectivity index (χ3n) is 8.03. The van der Waals surface area contributed by atoms with Gasteiger partial charge in [-0.25, -0.2) is 0 Å². The van der Waals surface area contributed by atoms with Gasteiger partial charge in [-0.3, -0.25) is 0 Å². The summed E-state index contributed by atoms with van der Waals surface area (Å²) in [6, 6.07) is 0. The second-order valence-electron chi connectivity index (χ2n) is 11.4. The van der Waals surface area contributed by atoms with Crippen molar-refractivity contribution >= 4 is 26.3 Å². The summed E-state index contributed by atoms with van der Waals surface area (Å²) in [6.45, 7) is 9.45. The number of halogens is 1. The van der Waals surface area contributed by atoms with Crippen LogP contribution in [-0.2, 0) is 0 Å². The van der Waals surface area contributed by atoms with E-state index >= 15 is 0 Å². The molecule has 0 saturated heterocycles. The van der Waals surface area contributed by atoms with E-state index in [1.807, 2.05) is 0 Å². The SMILES string of the molecule is CCCCCCCCCCCCCCCCP(I)(CCCCC)(CCCCC)CCCCC. The van der Waals surface area contributed by atoms with Crippen molar-refractivity contribution in [3.63, 3.8) is 0 Å². The standard InChI is InChI=1S/C31H66IP/c1-5-9-13-14-15-16-17-18-19-20-21-22-23-27-31-33(32,28-24-10-6-2,29-25-11-7-3)30-26-12-8-4/h5-31H2,1-4H3. The second kappa shape index (κ2) is 23.6. The molecule has 33 heavy (non-hydrogen) atoms. The molecule has 0 amide bonds. The van der Waals surface area contributed by atoms with Gasteiger partial charge in [0.05, 0.1) is 0 Å². The first kappa shape index (κ1) is 34.2. The Morgan fingerprint density at radius 2 is 0.485 bits per heavy atom. The van der Waals surface area contributed by atoms with Crippen LogP contribution in [-0.4, -0.2) is 24.6 Å². The summed E-state index contributed by atoms with van der Waals surface area (Å²) >= 11 is 3.16. The molecule has 0 fully saturated rings. The molecule has 0 aromatic rings. The molecule has 0 radical (unpaired) electrons. The van der Waals surface area contributed by atoms with Crippen LogP contribution in [0.3, 0.4) is 0 Å². The quantitative estimate of drug-likeness (QED) is 0.0503. The predicted octanol–water partition coefficient (Wildman–Crippen LogP) is 12.9. The molecule has 2 heteroatoms. The van der Waals surface area contributed by atoms with E-state index in [1.54, 1.807) is 24.6 Å². The first-order valence-corrected chi connectivity index (χ1v) is 21.5. The molecule has 0 N–H and O–H groups in total.